The number of hydrogen-bond acceptors (Lipinski definition) is 3. The van der Waals surface area contributed by atoms with Crippen LogP contribution in [-0.4, -0.2) is 4.89 Å². The van der Waals surface area contributed by atoms with Crippen LogP contribution in [0, 0.1) is 27.7 Å². The third-order valence-corrected chi connectivity index (χ3v) is 9.58. The molecule has 4 heteroatoms. The van der Waals surface area contributed by atoms with Crippen molar-refractivity contribution in [1.29, 1.82) is 0 Å². The summed E-state index contributed by atoms with van der Waals surface area (Å²) in [4.78, 5) is 13.1. The number of para-hydroxylation sites is 2. The van der Waals surface area contributed by atoms with Gasteiger partial charge in [0.15, 0.2) is 0 Å². The molecule has 1 N–H and O–H groups in total. The molecule has 0 unspecified atom stereocenters. The van der Waals surface area contributed by atoms with E-state index in [0.717, 1.165) is 22.3 Å². The first-order chi connectivity index (χ1) is 15.3. The summed E-state index contributed by atoms with van der Waals surface area (Å²) >= 11 is 0. The van der Waals surface area contributed by atoms with Crippen LogP contribution in [-0.2, 0) is 0 Å². The Morgan fingerprint density at radius 2 is 0.781 bits per heavy atom. The van der Waals surface area contributed by atoms with E-state index in [9.17, 15) is 4.89 Å². The maximum absolute atomic E-state index is 13.1. The van der Waals surface area contributed by atoms with Gasteiger partial charge >= 0.3 is 190 Å². The molecule has 0 aromatic heterocycles. The molecular formula is C28H29O3P. The van der Waals surface area contributed by atoms with Crippen LogP contribution in [0.2, 0.25) is 0 Å². The summed E-state index contributed by atoms with van der Waals surface area (Å²) in [5.41, 5.74) is 3.65. The van der Waals surface area contributed by atoms with Crippen LogP contribution in [0.1, 0.15) is 22.3 Å². The maximum atomic E-state index is 13.1. The Bertz CT molecular complexity index is 1170. The molecule has 0 aliphatic carbocycles. The van der Waals surface area contributed by atoms with E-state index < -0.39 is 7.28 Å². The Labute approximate surface area is 190 Å². The number of hydrogen-bond donors (Lipinski definition) is 1. The first-order valence-corrected chi connectivity index (χ1v) is 12.8. The van der Waals surface area contributed by atoms with Crippen molar-refractivity contribution in [1.82, 2.24) is 0 Å². The normalized spacial score (nSPS) is 12.6. The van der Waals surface area contributed by atoms with Crippen LogP contribution in [0.3, 0.4) is 0 Å². The van der Waals surface area contributed by atoms with E-state index in [1.807, 2.05) is 125 Å². The molecule has 0 radical (unpaired) electrons. The average molecular weight is 445 g/mol. The van der Waals surface area contributed by atoms with Crippen molar-refractivity contribution in [2.45, 2.75) is 27.7 Å². The molecule has 0 heterocycles. The molecule has 0 saturated heterocycles. The molecule has 0 fully saturated rings. The van der Waals surface area contributed by atoms with Crippen LogP contribution in [0.4, 0.5) is 0 Å². The zero-order valence-electron chi connectivity index (χ0n) is 18.9. The Morgan fingerprint density at radius 3 is 1.12 bits per heavy atom. The number of aryl methyl sites for hydroxylation is 4. The fourth-order valence-electron chi connectivity index (χ4n) is 4.04. The van der Waals surface area contributed by atoms with Gasteiger partial charge in [-0.15, -0.1) is 0 Å². The molecule has 0 spiro atoms. The van der Waals surface area contributed by atoms with Gasteiger partial charge in [0, 0.05) is 0 Å². The monoisotopic (exact) mass is 444 g/mol. The molecule has 4 rings (SSSR count). The van der Waals surface area contributed by atoms with Crippen molar-refractivity contribution in [2.75, 3.05) is 0 Å². The van der Waals surface area contributed by atoms with E-state index in [1.165, 1.54) is 0 Å². The Hall–Kier alpha value is -3.13. The fraction of sp³-hybridized carbons (Fsp3) is 0.143. The van der Waals surface area contributed by atoms with Gasteiger partial charge in [-0.05, 0) is 0 Å². The van der Waals surface area contributed by atoms with Gasteiger partial charge in [-0.25, -0.2) is 0 Å². The van der Waals surface area contributed by atoms with Crippen molar-refractivity contribution < 1.29 is 13.9 Å². The van der Waals surface area contributed by atoms with Crippen molar-refractivity contribution in [3.63, 3.8) is 0 Å². The average Bonchev–Trinajstić information content (AvgIpc) is 2.78. The zero-order chi connectivity index (χ0) is 22.8. The van der Waals surface area contributed by atoms with Crippen molar-refractivity contribution in [3.05, 3.63) is 119 Å². The Kier molecular flexibility index (Phi) is 5.81. The van der Waals surface area contributed by atoms with E-state index >= 15 is 0 Å². The molecule has 3 nitrogen and oxygen atoms in total. The van der Waals surface area contributed by atoms with Gasteiger partial charge in [-0.2, -0.15) is 0 Å². The Morgan fingerprint density at radius 1 is 0.469 bits per heavy atom. The summed E-state index contributed by atoms with van der Waals surface area (Å²) in [6.45, 7) is 7.90. The molecule has 0 atom stereocenters. The molecule has 4 aromatic rings. The molecule has 0 aliphatic rings. The topological polar surface area (TPSA) is 38.7 Å². The molecule has 0 bridgehead atoms. The van der Waals surface area contributed by atoms with Gasteiger partial charge in [0.1, 0.15) is 0 Å². The predicted molar refractivity (Wildman–Crippen MR) is 134 cm³/mol. The summed E-state index contributed by atoms with van der Waals surface area (Å²) in [7, 11) is -4.70. The van der Waals surface area contributed by atoms with Gasteiger partial charge in [-0.1, -0.05) is 0 Å². The van der Waals surface area contributed by atoms with Gasteiger partial charge in [-0.3, -0.25) is 0 Å². The fourth-order valence-corrected chi connectivity index (χ4v) is 7.96. The van der Waals surface area contributed by atoms with E-state index in [0.29, 0.717) is 22.1 Å². The third kappa shape index (κ3) is 3.79. The van der Waals surface area contributed by atoms with Gasteiger partial charge in [0.25, 0.3) is 0 Å². The molecule has 0 amide bonds. The van der Waals surface area contributed by atoms with Crippen LogP contribution < -0.4 is 19.7 Å². The van der Waals surface area contributed by atoms with Crippen LogP contribution in [0.5, 0.6) is 11.5 Å². The summed E-state index contributed by atoms with van der Waals surface area (Å²) in [6.07, 6.45) is 0. The third-order valence-electron chi connectivity index (χ3n) is 5.80. The van der Waals surface area contributed by atoms with Gasteiger partial charge < -0.3 is 0 Å². The predicted octanol–water partition coefficient (Wildman–Crippen LogP) is 6.32. The molecule has 32 heavy (non-hydrogen) atoms. The Balaban J connectivity index is 2.11. The zero-order valence-corrected chi connectivity index (χ0v) is 19.8. The van der Waals surface area contributed by atoms with E-state index in [2.05, 4.69) is 0 Å². The molecule has 0 saturated carbocycles. The van der Waals surface area contributed by atoms with Crippen molar-refractivity contribution in [2.24, 2.45) is 0 Å². The van der Waals surface area contributed by atoms with Gasteiger partial charge in [0.05, 0.1) is 0 Å². The van der Waals surface area contributed by atoms with Crippen LogP contribution >= 0.6 is 7.28 Å². The second-order valence-corrected chi connectivity index (χ2v) is 11.4. The minimum atomic E-state index is -4.70. The first-order valence-electron chi connectivity index (χ1n) is 10.7. The summed E-state index contributed by atoms with van der Waals surface area (Å²) < 4.78 is 13.6. The minimum absolute atomic E-state index is 0.591. The van der Waals surface area contributed by atoms with E-state index in [4.69, 9.17) is 9.05 Å². The van der Waals surface area contributed by atoms with Crippen molar-refractivity contribution >= 4 is 17.9 Å². The molecule has 4 aromatic carbocycles. The standard InChI is InChI=1S/C28H29O3P/c1-21-13-5-9-17-25(21)30-32(29,27-19-11-7-15-23(27)3,28-20-12-8-16-24(28)4)31-26-18-10-6-14-22(26)2/h5-20,29H,1-4H3. The van der Waals surface area contributed by atoms with Crippen LogP contribution in [0.15, 0.2) is 97.1 Å². The summed E-state index contributed by atoms with van der Waals surface area (Å²) in [6, 6.07) is 31.0. The van der Waals surface area contributed by atoms with E-state index in [1.54, 1.807) is 0 Å². The second kappa shape index (κ2) is 8.43. The second-order valence-electron chi connectivity index (χ2n) is 8.20. The number of rotatable bonds is 6. The first kappa shape index (κ1) is 22.1. The van der Waals surface area contributed by atoms with Crippen molar-refractivity contribution in [3.8, 4) is 11.5 Å². The molecule has 0 aliphatic heterocycles. The quantitative estimate of drug-likeness (QED) is 0.354. The van der Waals surface area contributed by atoms with Crippen LogP contribution in [0.25, 0.3) is 0 Å². The van der Waals surface area contributed by atoms with Gasteiger partial charge in [0.2, 0.25) is 0 Å². The SMILES string of the molecule is Cc1ccccc1OP(O)(Oc1ccccc1C)(c1ccccc1C)c1ccccc1C. The number of benzene rings is 4. The summed E-state index contributed by atoms with van der Waals surface area (Å²) in [5.74, 6) is 1.18. The molecule has 164 valence electrons. The van der Waals surface area contributed by atoms with E-state index in [-0.39, 0.29) is 0 Å². The summed E-state index contributed by atoms with van der Waals surface area (Å²) in [5, 5.41) is 1.30. The molecular weight excluding hydrogens is 415 g/mol.